The molecule has 0 aliphatic rings. The SMILES string of the molecule is CC(F)(F)Cc1cccc(CCC=O)c1. The molecule has 15 heavy (non-hydrogen) atoms. The van der Waals surface area contributed by atoms with Gasteiger partial charge in [-0.2, -0.15) is 0 Å². The van der Waals surface area contributed by atoms with Crippen molar-refractivity contribution in [3.8, 4) is 0 Å². The minimum Gasteiger partial charge on any atom is -0.303 e. The monoisotopic (exact) mass is 212 g/mol. The molecule has 1 aromatic rings. The summed E-state index contributed by atoms with van der Waals surface area (Å²) in [6, 6.07) is 7.02. The Morgan fingerprint density at radius 3 is 2.60 bits per heavy atom. The third kappa shape index (κ3) is 4.68. The van der Waals surface area contributed by atoms with Gasteiger partial charge >= 0.3 is 0 Å². The highest BCUT2D eigenvalue weighted by Crippen LogP contribution is 2.19. The molecule has 0 heterocycles. The Morgan fingerprint density at radius 1 is 1.33 bits per heavy atom. The largest absolute Gasteiger partial charge is 0.303 e. The lowest BCUT2D eigenvalue weighted by atomic mass is 10.0. The highest BCUT2D eigenvalue weighted by Gasteiger charge is 2.21. The van der Waals surface area contributed by atoms with Crippen molar-refractivity contribution < 1.29 is 13.6 Å². The Balaban J connectivity index is 2.69. The molecule has 0 atom stereocenters. The van der Waals surface area contributed by atoms with Crippen LogP contribution in [0.15, 0.2) is 24.3 Å². The predicted octanol–water partition coefficient (Wildman–Crippen LogP) is 3.02. The molecule has 0 aliphatic carbocycles. The number of aldehydes is 1. The molecule has 0 radical (unpaired) electrons. The molecule has 1 nitrogen and oxygen atoms in total. The Bertz CT molecular complexity index is 329. The van der Waals surface area contributed by atoms with Crippen molar-refractivity contribution >= 4 is 6.29 Å². The second kappa shape index (κ2) is 5.01. The molecule has 82 valence electrons. The fraction of sp³-hybridized carbons (Fsp3) is 0.417. The molecule has 0 fully saturated rings. The van der Waals surface area contributed by atoms with Gasteiger partial charge < -0.3 is 4.79 Å². The average molecular weight is 212 g/mol. The smallest absolute Gasteiger partial charge is 0.249 e. The quantitative estimate of drug-likeness (QED) is 0.686. The third-order valence-electron chi connectivity index (χ3n) is 2.06. The van der Waals surface area contributed by atoms with Gasteiger partial charge in [0.15, 0.2) is 0 Å². The minimum absolute atomic E-state index is 0.248. The van der Waals surface area contributed by atoms with E-state index in [0.29, 0.717) is 18.4 Å². The van der Waals surface area contributed by atoms with E-state index in [4.69, 9.17) is 0 Å². The number of benzene rings is 1. The van der Waals surface area contributed by atoms with E-state index >= 15 is 0 Å². The zero-order chi connectivity index (χ0) is 11.3. The van der Waals surface area contributed by atoms with Crippen LogP contribution >= 0.6 is 0 Å². The van der Waals surface area contributed by atoms with Crippen molar-refractivity contribution in [2.45, 2.75) is 32.1 Å². The number of hydrogen-bond acceptors (Lipinski definition) is 1. The van der Waals surface area contributed by atoms with Crippen LogP contribution in [0, 0.1) is 0 Å². The zero-order valence-corrected chi connectivity index (χ0v) is 8.67. The highest BCUT2D eigenvalue weighted by atomic mass is 19.3. The van der Waals surface area contributed by atoms with Crippen LogP contribution in [0.4, 0.5) is 8.78 Å². The van der Waals surface area contributed by atoms with Gasteiger partial charge in [0.25, 0.3) is 0 Å². The molecule has 3 heteroatoms. The van der Waals surface area contributed by atoms with E-state index in [1.807, 2.05) is 6.07 Å². The first-order valence-corrected chi connectivity index (χ1v) is 4.90. The van der Waals surface area contributed by atoms with Crippen molar-refractivity contribution in [1.29, 1.82) is 0 Å². The zero-order valence-electron chi connectivity index (χ0n) is 8.67. The normalized spacial score (nSPS) is 11.4. The molecule has 0 aliphatic heterocycles. The Hall–Kier alpha value is -1.25. The molecular formula is C12H14F2O. The summed E-state index contributed by atoms with van der Waals surface area (Å²) in [6.07, 6.45) is 1.64. The molecule has 1 aromatic carbocycles. The van der Waals surface area contributed by atoms with E-state index in [1.165, 1.54) is 0 Å². The van der Waals surface area contributed by atoms with Crippen molar-refractivity contribution in [3.63, 3.8) is 0 Å². The number of rotatable bonds is 5. The van der Waals surface area contributed by atoms with E-state index < -0.39 is 5.92 Å². The third-order valence-corrected chi connectivity index (χ3v) is 2.06. The van der Waals surface area contributed by atoms with Gasteiger partial charge in [-0.15, -0.1) is 0 Å². The second-order valence-corrected chi connectivity index (χ2v) is 3.77. The number of halogens is 2. The summed E-state index contributed by atoms with van der Waals surface area (Å²) >= 11 is 0. The van der Waals surface area contributed by atoms with Crippen LogP contribution in [0.1, 0.15) is 24.5 Å². The maximum absolute atomic E-state index is 12.7. The van der Waals surface area contributed by atoms with E-state index in [-0.39, 0.29) is 6.42 Å². The van der Waals surface area contributed by atoms with Crippen LogP contribution in [0.5, 0.6) is 0 Å². The maximum Gasteiger partial charge on any atom is 0.249 e. The lowest BCUT2D eigenvalue weighted by Gasteiger charge is -2.10. The molecule has 1 rings (SSSR count). The first-order valence-electron chi connectivity index (χ1n) is 4.90. The topological polar surface area (TPSA) is 17.1 Å². The molecule has 0 saturated carbocycles. The van der Waals surface area contributed by atoms with Gasteiger partial charge in [0.1, 0.15) is 6.29 Å². The summed E-state index contributed by atoms with van der Waals surface area (Å²) in [5, 5.41) is 0. The summed E-state index contributed by atoms with van der Waals surface area (Å²) in [6.45, 7) is 0.908. The summed E-state index contributed by atoms with van der Waals surface area (Å²) in [4.78, 5) is 10.2. The number of hydrogen-bond donors (Lipinski definition) is 0. The molecular weight excluding hydrogens is 198 g/mol. The number of carbonyl (C=O) groups is 1. The summed E-state index contributed by atoms with van der Waals surface area (Å²) in [5.41, 5.74) is 1.55. The Labute approximate surface area is 88.1 Å². The van der Waals surface area contributed by atoms with Gasteiger partial charge in [0.05, 0.1) is 0 Å². The van der Waals surface area contributed by atoms with Crippen LogP contribution in [-0.2, 0) is 17.6 Å². The highest BCUT2D eigenvalue weighted by molar-refractivity contribution is 5.50. The molecule has 0 saturated heterocycles. The molecule has 0 bridgehead atoms. The average Bonchev–Trinajstić information content (AvgIpc) is 2.12. The summed E-state index contributed by atoms with van der Waals surface area (Å²) in [7, 11) is 0. The van der Waals surface area contributed by atoms with Gasteiger partial charge in [-0.25, -0.2) is 8.78 Å². The van der Waals surface area contributed by atoms with Gasteiger partial charge in [-0.1, -0.05) is 24.3 Å². The van der Waals surface area contributed by atoms with E-state index in [1.54, 1.807) is 18.2 Å². The second-order valence-electron chi connectivity index (χ2n) is 3.77. The van der Waals surface area contributed by atoms with Gasteiger partial charge in [0, 0.05) is 12.8 Å². The Kier molecular flexibility index (Phi) is 3.95. The van der Waals surface area contributed by atoms with Gasteiger partial charge in [-0.3, -0.25) is 0 Å². The van der Waals surface area contributed by atoms with Crippen LogP contribution in [0.3, 0.4) is 0 Å². The Morgan fingerprint density at radius 2 is 2.00 bits per heavy atom. The molecule has 0 spiro atoms. The molecule has 0 N–H and O–H groups in total. The first kappa shape index (κ1) is 11.8. The van der Waals surface area contributed by atoms with Crippen LogP contribution in [0.25, 0.3) is 0 Å². The van der Waals surface area contributed by atoms with Crippen molar-refractivity contribution in [2.75, 3.05) is 0 Å². The van der Waals surface area contributed by atoms with E-state index in [0.717, 1.165) is 18.8 Å². The minimum atomic E-state index is -2.68. The first-order chi connectivity index (χ1) is 7.01. The van der Waals surface area contributed by atoms with Crippen LogP contribution < -0.4 is 0 Å². The van der Waals surface area contributed by atoms with Crippen LogP contribution in [0.2, 0.25) is 0 Å². The standard InChI is InChI=1S/C12H14F2O/c1-12(13,14)9-11-5-2-4-10(8-11)6-3-7-15/h2,4-5,7-8H,3,6,9H2,1H3. The van der Waals surface area contributed by atoms with Crippen molar-refractivity contribution in [2.24, 2.45) is 0 Å². The summed E-state index contributed by atoms with van der Waals surface area (Å²) < 4.78 is 25.5. The van der Waals surface area contributed by atoms with E-state index in [9.17, 15) is 13.6 Å². The van der Waals surface area contributed by atoms with Gasteiger partial charge in [0.2, 0.25) is 5.92 Å². The summed E-state index contributed by atoms with van der Waals surface area (Å²) in [5.74, 6) is -2.68. The van der Waals surface area contributed by atoms with Crippen LogP contribution in [-0.4, -0.2) is 12.2 Å². The van der Waals surface area contributed by atoms with Crippen molar-refractivity contribution in [3.05, 3.63) is 35.4 Å². The lowest BCUT2D eigenvalue weighted by Crippen LogP contribution is -2.13. The molecule has 0 amide bonds. The number of aryl methyl sites for hydroxylation is 1. The molecule has 0 unspecified atom stereocenters. The lowest BCUT2D eigenvalue weighted by molar-refractivity contribution is -0.107. The fourth-order valence-corrected chi connectivity index (χ4v) is 1.48. The number of alkyl halides is 2. The fourth-order valence-electron chi connectivity index (χ4n) is 1.48. The van der Waals surface area contributed by atoms with E-state index in [2.05, 4.69) is 0 Å². The predicted molar refractivity (Wildman–Crippen MR) is 55.2 cm³/mol. The maximum atomic E-state index is 12.7. The number of carbonyl (C=O) groups excluding carboxylic acids is 1. The van der Waals surface area contributed by atoms with Gasteiger partial charge in [-0.05, 0) is 24.5 Å². The molecule has 0 aromatic heterocycles. The van der Waals surface area contributed by atoms with Crippen molar-refractivity contribution in [1.82, 2.24) is 0 Å².